The molecule has 118 valence electrons. The lowest BCUT2D eigenvalue weighted by molar-refractivity contribution is -0.118. The van der Waals surface area contributed by atoms with Crippen molar-refractivity contribution in [2.24, 2.45) is 0 Å². The van der Waals surface area contributed by atoms with Crippen LogP contribution in [0.2, 0.25) is 0 Å². The lowest BCUT2D eigenvalue weighted by atomic mass is 10.2. The molecule has 1 aliphatic rings. The highest BCUT2D eigenvalue weighted by Crippen LogP contribution is 2.30. The Kier molecular flexibility index (Phi) is 4.42. The number of aryl methyl sites for hydroxylation is 1. The number of unbranched alkanes of at least 4 members (excludes halogenated alkanes) is 1. The van der Waals surface area contributed by atoms with Crippen molar-refractivity contribution in [1.82, 2.24) is 14.9 Å². The first-order chi connectivity index (χ1) is 10.7. The monoisotopic (exact) mass is 319 g/mol. The Bertz CT molecular complexity index is 663. The van der Waals surface area contributed by atoms with Gasteiger partial charge in [0.25, 0.3) is 0 Å². The number of hydrogen-bond acceptors (Lipinski definition) is 6. The molecule has 3 rings (SSSR count). The lowest BCUT2D eigenvalue weighted by Gasteiger charge is -2.32. The van der Waals surface area contributed by atoms with Gasteiger partial charge in [0.1, 0.15) is 10.6 Å². The molecule has 2 aromatic rings. The topological polar surface area (TPSA) is 75.3 Å². The van der Waals surface area contributed by atoms with E-state index in [1.165, 1.54) is 17.7 Å². The van der Waals surface area contributed by atoms with Gasteiger partial charge in [0, 0.05) is 31.1 Å². The molecule has 1 fully saturated rings. The minimum atomic E-state index is 0.553. The summed E-state index contributed by atoms with van der Waals surface area (Å²) in [6.07, 6.45) is 4.33. The summed E-state index contributed by atoms with van der Waals surface area (Å²) in [5.41, 5.74) is 6.12. The van der Waals surface area contributed by atoms with Crippen molar-refractivity contribution in [3.63, 3.8) is 0 Å². The Morgan fingerprint density at radius 3 is 2.77 bits per heavy atom. The van der Waals surface area contributed by atoms with Crippen LogP contribution in [-0.2, 0) is 11.2 Å². The van der Waals surface area contributed by atoms with Crippen molar-refractivity contribution in [1.29, 1.82) is 0 Å². The van der Waals surface area contributed by atoms with Crippen LogP contribution in [0.1, 0.15) is 24.6 Å². The number of fused-ring (bicyclic) bond motifs is 1. The van der Waals surface area contributed by atoms with Gasteiger partial charge in [-0.25, -0.2) is 4.98 Å². The van der Waals surface area contributed by atoms with Gasteiger partial charge in [-0.2, -0.15) is 4.98 Å². The number of anilines is 2. The third-order valence-corrected chi connectivity index (χ3v) is 5.07. The summed E-state index contributed by atoms with van der Waals surface area (Å²) in [7, 11) is 0. The molecule has 2 N–H and O–H groups in total. The van der Waals surface area contributed by atoms with Crippen molar-refractivity contribution in [3.05, 3.63) is 10.9 Å². The first kappa shape index (κ1) is 15.0. The predicted octanol–water partition coefficient (Wildman–Crippen LogP) is 1.89. The zero-order valence-corrected chi connectivity index (χ0v) is 13.6. The second-order valence-corrected chi connectivity index (χ2v) is 6.69. The van der Waals surface area contributed by atoms with E-state index in [9.17, 15) is 4.79 Å². The number of nitrogens with zero attached hydrogens (tertiary/aromatic N) is 4. The van der Waals surface area contributed by atoms with Crippen LogP contribution in [0.4, 0.5) is 11.8 Å². The van der Waals surface area contributed by atoms with Gasteiger partial charge in [0.15, 0.2) is 0 Å². The van der Waals surface area contributed by atoms with Crippen molar-refractivity contribution in [2.75, 3.05) is 36.8 Å². The van der Waals surface area contributed by atoms with Crippen LogP contribution in [-0.4, -0.2) is 47.5 Å². The second-order valence-electron chi connectivity index (χ2n) is 5.57. The number of nitrogens with two attached hydrogens (primary N) is 1. The standard InChI is InChI=1S/C15H21N5OS/c1-2-3-4-11-9-12-13(16)17-15(18-14(12)22-11)20-7-5-19(10-21)6-8-20/h9-10H,2-8H2,1H3,(H2,16,17,18). The largest absolute Gasteiger partial charge is 0.383 e. The van der Waals surface area contributed by atoms with E-state index in [0.29, 0.717) is 24.9 Å². The summed E-state index contributed by atoms with van der Waals surface area (Å²) < 4.78 is 0. The van der Waals surface area contributed by atoms with Crippen LogP contribution in [0.15, 0.2) is 6.07 Å². The predicted molar refractivity (Wildman–Crippen MR) is 90.3 cm³/mol. The Morgan fingerprint density at radius 2 is 2.09 bits per heavy atom. The molecule has 0 aromatic carbocycles. The molecule has 7 heteroatoms. The maximum Gasteiger partial charge on any atom is 0.228 e. The highest BCUT2D eigenvalue weighted by molar-refractivity contribution is 7.18. The normalized spacial score (nSPS) is 15.5. The molecule has 6 nitrogen and oxygen atoms in total. The third-order valence-electron chi connectivity index (χ3n) is 3.98. The van der Waals surface area contributed by atoms with Gasteiger partial charge < -0.3 is 15.5 Å². The Balaban J connectivity index is 1.83. The molecule has 1 saturated heterocycles. The first-order valence-corrected chi connectivity index (χ1v) is 8.53. The summed E-state index contributed by atoms with van der Waals surface area (Å²) in [6, 6.07) is 2.12. The van der Waals surface area contributed by atoms with E-state index in [1.54, 1.807) is 16.2 Å². The Morgan fingerprint density at radius 1 is 1.32 bits per heavy atom. The molecule has 0 unspecified atom stereocenters. The van der Waals surface area contributed by atoms with Gasteiger partial charge in [0.05, 0.1) is 5.39 Å². The first-order valence-electron chi connectivity index (χ1n) is 7.71. The van der Waals surface area contributed by atoms with Crippen molar-refractivity contribution < 1.29 is 4.79 Å². The number of rotatable bonds is 5. The molecule has 0 spiro atoms. The number of amides is 1. The number of aromatic nitrogens is 2. The third kappa shape index (κ3) is 2.99. The minimum Gasteiger partial charge on any atom is -0.383 e. The molecule has 1 amide bonds. The summed E-state index contributed by atoms with van der Waals surface area (Å²) >= 11 is 1.71. The number of carbonyl (C=O) groups is 1. The van der Waals surface area contributed by atoms with Crippen LogP contribution in [0.25, 0.3) is 10.2 Å². The fourth-order valence-corrected chi connectivity index (χ4v) is 3.70. The minimum absolute atomic E-state index is 0.553. The highest BCUT2D eigenvalue weighted by Gasteiger charge is 2.19. The van der Waals surface area contributed by atoms with Gasteiger partial charge in [-0.3, -0.25) is 4.79 Å². The fourth-order valence-electron chi connectivity index (χ4n) is 2.62. The van der Waals surface area contributed by atoms with Gasteiger partial charge in [-0.1, -0.05) is 13.3 Å². The van der Waals surface area contributed by atoms with Crippen LogP contribution in [0.5, 0.6) is 0 Å². The maximum absolute atomic E-state index is 10.8. The molecule has 2 aromatic heterocycles. The number of hydrogen-bond donors (Lipinski definition) is 1. The van der Waals surface area contributed by atoms with E-state index >= 15 is 0 Å². The Hall–Kier alpha value is -1.89. The van der Waals surface area contributed by atoms with Crippen LogP contribution in [0, 0.1) is 0 Å². The average Bonchev–Trinajstić information content (AvgIpc) is 2.96. The zero-order valence-electron chi connectivity index (χ0n) is 12.8. The molecular weight excluding hydrogens is 298 g/mol. The smallest absolute Gasteiger partial charge is 0.228 e. The van der Waals surface area contributed by atoms with E-state index in [-0.39, 0.29) is 0 Å². The van der Waals surface area contributed by atoms with Gasteiger partial charge in [-0.15, -0.1) is 11.3 Å². The summed E-state index contributed by atoms with van der Waals surface area (Å²) in [5.74, 6) is 1.23. The molecule has 1 aliphatic heterocycles. The van der Waals surface area contributed by atoms with E-state index in [2.05, 4.69) is 27.9 Å². The number of piperazine rings is 1. The van der Waals surface area contributed by atoms with Gasteiger partial charge >= 0.3 is 0 Å². The molecule has 0 saturated carbocycles. The quantitative estimate of drug-likeness (QED) is 0.852. The molecule has 0 radical (unpaired) electrons. The Labute approximate surface area is 133 Å². The second kappa shape index (κ2) is 6.48. The molecular formula is C15H21N5OS. The van der Waals surface area contributed by atoms with Crippen molar-refractivity contribution in [3.8, 4) is 0 Å². The zero-order chi connectivity index (χ0) is 15.5. The van der Waals surface area contributed by atoms with Crippen molar-refractivity contribution in [2.45, 2.75) is 26.2 Å². The lowest BCUT2D eigenvalue weighted by Crippen LogP contribution is -2.46. The van der Waals surface area contributed by atoms with Gasteiger partial charge in [0.2, 0.25) is 12.4 Å². The summed E-state index contributed by atoms with van der Waals surface area (Å²) in [6.45, 7) is 5.10. The molecule has 0 aliphatic carbocycles. The average molecular weight is 319 g/mol. The SMILES string of the molecule is CCCCc1cc2c(N)nc(N3CCN(C=O)CC3)nc2s1. The number of thiophene rings is 1. The van der Waals surface area contributed by atoms with E-state index in [1.807, 2.05) is 0 Å². The highest BCUT2D eigenvalue weighted by atomic mass is 32.1. The number of nitrogen functional groups attached to an aromatic ring is 1. The van der Waals surface area contributed by atoms with Crippen LogP contribution in [0.3, 0.4) is 0 Å². The molecule has 3 heterocycles. The van der Waals surface area contributed by atoms with E-state index in [4.69, 9.17) is 5.73 Å². The fraction of sp³-hybridized carbons (Fsp3) is 0.533. The summed E-state index contributed by atoms with van der Waals surface area (Å²) in [5, 5.41) is 0.964. The summed E-state index contributed by atoms with van der Waals surface area (Å²) in [4.78, 5) is 26.1. The van der Waals surface area contributed by atoms with E-state index < -0.39 is 0 Å². The molecule has 22 heavy (non-hydrogen) atoms. The molecule has 0 atom stereocenters. The van der Waals surface area contributed by atoms with Crippen LogP contribution < -0.4 is 10.6 Å². The maximum atomic E-state index is 10.8. The van der Waals surface area contributed by atoms with Crippen molar-refractivity contribution >= 4 is 39.7 Å². The van der Waals surface area contributed by atoms with Crippen LogP contribution >= 0.6 is 11.3 Å². The van der Waals surface area contributed by atoms with E-state index in [0.717, 1.165) is 36.1 Å². The molecule has 0 bridgehead atoms. The number of carbonyl (C=O) groups excluding carboxylic acids is 1. The van der Waals surface area contributed by atoms with Gasteiger partial charge in [-0.05, 0) is 18.9 Å².